The molecule has 88 valence electrons. The largest absolute Gasteiger partial charge is 0.298 e. The molecule has 2 nitrogen and oxygen atoms in total. The van der Waals surface area contributed by atoms with E-state index in [0.717, 1.165) is 6.42 Å². The fraction of sp³-hybridized carbons (Fsp3) is 0.923. The quantitative estimate of drug-likeness (QED) is 0.673. The fourth-order valence-electron chi connectivity index (χ4n) is 2.47. The summed E-state index contributed by atoms with van der Waals surface area (Å²) in [5.74, 6) is 1.54. The zero-order valence-electron chi connectivity index (χ0n) is 10.8. The Kier molecular flexibility index (Phi) is 3.93. The summed E-state index contributed by atoms with van der Waals surface area (Å²) in [5, 5.41) is 0. The molecule has 0 heterocycles. The number of carbonyl (C=O) groups is 1. The van der Waals surface area contributed by atoms with Gasteiger partial charge in [0.1, 0.15) is 5.78 Å². The Hall–Kier alpha value is -0.370. The Morgan fingerprint density at radius 2 is 1.80 bits per heavy atom. The van der Waals surface area contributed by atoms with Crippen molar-refractivity contribution in [2.24, 2.45) is 11.8 Å². The van der Waals surface area contributed by atoms with Gasteiger partial charge in [0.2, 0.25) is 0 Å². The van der Waals surface area contributed by atoms with Crippen LogP contribution in [0.5, 0.6) is 0 Å². The highest BCUT2D eigenvalue weighted by molar-refractivity contribution is 5.80. The SMILES string of the molecule is CC(C)CC(=O)CN(C)C1(C(C)C)CC1. The predicted octanol–water partition coefficient (Wildman–Crippen LogP) is 2.72. The number of likely N-dealkylation sites (N-methyl/N-ethyl adjacent to an activating group) is 1. The molecule has 2 heteroatoms. The summed E-state index contributed by atoms with van der Waals surface area (Å²) in [5.41, 5.74) is 0.340. The second-order valence-electron chi connectivity index (χ2n) is 5.75. The summed E-state index contributed by atoms with van der Waals surface area (Å²) in [6.45, 7) is 9.36. The molecule has 0 aromatic carbocycles. The van der Waals surface area contributed by atoms with Gasteiger partial charge in [-0.15, -0.1) is 0 Å². The maximum atomic E-state index is 11.7. The number of hydrogen-bond donors (Lipinski definition) is 0. The maximum absolute atomic E-state index is 11.7. The number of rotatable bonds is 6. The highest BCUT2D eigenvalue weighted by Gasteiger charge is 2.48. The normalized spacial score (nSPS) is 18.9. The van der Waals surface area contributed by atoms with Gasteiger partial charge in [0.15, 0.2) is 0 Å². The van der Waals surface area contributed by atoms with Crippen molar-refractivity contribution in [1.82, 2.24) is 4.90 Å². The van der Waals surface area contributed by atoms with Crippen molar-refractivity contribution in [2.75, 3.05) is 13.6 Å². The van der Waals surface area contributed by atoms with E-state index >= 15 is 0 Å². The molecular formula is C13H25NO. The topological polar surface area (TPSA) is 20.3 Å². The Bertz CT molecular complexity index is 229. The molecule has 0 atom stereocenters. The van der Waals surface area contributed by atoms with E-state index in [4.69, 9.17) is 0 Å². The minimum Gasteiger partial charge on any atom is -0.298 e. The molecule has 1 aliphatic rings. The minimum absolute atomic E-state index is 0.340. The van der Waals surface area contributed by atoms with Gasteiger partial charge < -0.3 is 0 Å². The summed E-state index contributed by atoms with van der Waals surface area (Å²) in [6.07, 6.45) is 3.24. The molecule has 1 aliphatic carbocycles. The van der Waals surface area contributed by atoms with Crippen LogP contribution in [-0.4, -0.2) is 29.8 Å². The second-order valence-corrected chi connectivity index (χ2v) is 5.75. The van der Waals surface area contributed by atoms with Crippen molar-refractivity contribution >= 4 is 5.78 Å². The summed E-state index contributed by atoms with van der Waals surface area (Å²) in [7, 11) is 2.10. The second kappa shape index (κ2) is 4.65. The lowest BCUT2D eigenvalue weighted by atomic mass is 9.99. The third-order valence-corrected chi connectivity index (χ3v) is 3.65. The smallest absolute Gasteiger partial charge is 0.147 e. The van der Waals surface area contributed by atoms with Gasteiger partial charge >= 0.3 is 0 Å². The van der Waals surface area contributed by atoms with Crippen molar-refractivity contribution in [3.8, 4) is 0 Å². The van der Waals surface area contributed by atoms with Crippen LogP contribution in [0.3, 0.4) is 0 Å². The van der Waals surface area contributed by atoms with Gasteiger partial charge in [-0.25, -0.2) is 0 Å². The Labute approximate surface area is 94.0 Å². The van der Waals surface area contributed by atoms with Crippen LogP contribution in [0, 0.1) is 11.8 Å². The van der Waals surface area contributed by atoms with E-state index in [1.807, 2.05) is 0 Å². The van der Waals surface area contributed by atoms with Crippen LogP contribution in [0.4, 0.5) is 0 Å². The Balaban J connectivity index is 2.42. The molecule has 0 radical (unpaired) electrons. The van der Waals surface area contributed by atoms with Gasteiger partial charge in [0.25, 0.3) is 0 Å². The van der Waals surface area contributed by atoms with Crippen molar-refractivity contribution in [3.05, 3.63) is 0 Å². The first kappa shape index (κ1) is 12.7. The average molecular weight is 211 g/mol. The molecule has 1 saturated carbocycles. The molecule has 0 spiro atoms. The molecule has 1 fully saturated rings. The predicted molar refractivity (Wildman–Crippen MR) is 63.9 cm³/mol. The highest BCUT2D eigenvalue weighted by Crippen LogP contribution is 2.46. The lowest BCUT2D eigenvalue weighted by Crippen LogP contribution is -2.41. The van der Waals surface area contributed by atoms with Gasteiger partial charge in [-0.1, -0.05) is 27.7 Å². The van der Waals surface area contributed by atoms with Gasteiger partial charge in [0, 0.05) is 12.0 Å². The van der Waals surface area contributed by atoms with Crippen molar-refractivity contribution in [1.29, 1.82) is 0 Å². The molecule has 0 bridgehead atoms. The van der Waals surface area contributed by atoms with Crippen molar-refractivity contribution < 1.29 is 4.79 Å². The summed E-state index contributed by atoms with van der Waals surface area (Å²) >= 11 is 0. The van der Waals surface area contributed by atoms with Crippen LogP contribution in [0.15, 0.2) is 0 Å². The monoisotopic (exact) mass is 211 g/mol. The summed E-state index contributed by atoms with van der Waals surface area (Å²) in [4.78, 5) is 14.0. The van der Waals surface area contributed by atoms with Crippen LogP contribution >= 0.6 is 0 Å². The minimum atomic E-state index is 0.340. The molecule has 0 saturated heterocycles. The summed E-state index contributed by atoms with van der Waals surface area (Å²) in [6, 6.07) is 0. The zero-order valence-corrected chi connectivity index (χ0v) is 10.8. The number of ketones is 1. The molecule has 1 rings (SSSR count). The van der Waals surface area contributed by atoms with Crippen LogP contribution in [0.2, 0.25) is 0 Å². The summed E-state index contributed by atoms with van der Waals surface area (Å²) < 4.78 is 0. The van der Waals surface area contributed by atoms with Crippen LogP contribution in [0.1, 0.15) is 47.0 Å². The van der Waals surface area contributed by atoms with Crippen molar-refractivity contribution in [3.63, 3.8) is 0 Å². The van der Waals surface area contributed by atoms with E-state index in [1.165, 1.54) is 12.8 Å². The van der Waals surface area contributed by atoms with Gasteiger partial charge in [-0.3, -0.25) is 9.69 Å². The lowest BCUT2D eigenvalue weighted by Gasteiger charge is -2.31. The van der Waals surface area contributed by atoms with E-state index in [0.29, 0.717) is 29.7 Å². The van der Waals surface area contributed by atoms with Crippen LogP contribution < -0.4 is 0 Å². The molecule has 0 N–H and O–H groups in total. The van der Waals surface area contributed by atoms with Crippen LogP contribution in [0.25, 0.3) is 0 Å². The number of Topliss-reactive ketones (excluding diaryl/α,β-unsaturated/α-hetero) is 1. The molecule has 15 heavy (non-hydrogen) atoms. The van der Waals surface area contributed by atoms with Gasteiger partial charge in [-0.2, -0.15) is 0 Å². The molecule has 0 aliphatic heterocycles. The molecule has 0 aromatic rings. The van der Waals surface area contributed by atoms with Gasteiger partial charge in [0.05, 0.1) is 6.54 Å². The molecule has 0 aromatic heterocycles. The molecular weight excluding hydrogens is 186 g/mol. The van der Waals surface area contributed by atoms with E-state index in [2.05, 4.69) is 39.6 Å². The molecule has 0 unspecified atom stereocenters. The highest BCUT2D eigenvalue weighted by atomic mass is 16.1. The first-order valence-electron chi connectivity index (χ1n) is 6.11. The number of carbonyl (C=O) groups excluding carboxylic acids is 1. The first-order valence-corrected chi connectivity index (χ1v) is 6.11. The first-order chi connectivity index (χ1) is 6.88. The van der Waals surface area contributed by atoms with Crippen molar-refractivity contribution in [2.45, 2.75) is 52.5 Å². The Morgan fingerprint density at radius 3 is 2.13 bits per heavy atom. The lowest BCUT2D eigenvalue weighted by molar-refractivity contribution is -0.121. The van der Waals surface area contributed by atoms with E-state index in [1.54, 1.807) is 0 Å². The van der Waals surface area contributed by atoms with E-state index in [-0.39, 0.29) is 0 Å². The third kappa shape index (κ3) is 3.04. The molecule has 0 amide bonds. The zero-order chi connectivity index (χ0) is 11.6. The standard InChI is InChI=1S/C13H25NO/c1-10(2)8-12(15)9-14(5)13(6-7-13)11(3)4/h10-11H,6-9H2,1-5H3. The number of nitrogens with zero attached hydrogens (tertiary/aromatic N) is 1. The maximum Gasteiger partial charge on any atom is 0.147 e. The third-order valence-electron chi connectivity index (χ3n) is 3.65. The Morgan fingerprint density at radius 1 is 1.27 bits per heavy atom. The average Bonchev–Trinajstić information content (AvgIpc) is 2.80. The van der Waals surface area contributed by atoms with Gasteiger partial charge in [-0.05, 0) is 31.7 Å². The van der Waals surface area contributed by atoms with E-state index < -0.39 is 0 Å². The van der Waals surface area contributed by atoms with E-state index in [9.17, 15) is 4.79 Å². The van der Waals surface area contributed by atoms with Crippen LogP contribution in [-0.2, 0) is 4.79 Å². The number of hydrogen-bond acceptors (Lipinski definition) is 2. The fourth-order valence-corrected chi connectivity index (χ4v) is 2.47.